The second-order valence-corrected chi connectivity index (χ2v) is 5.04. The molecule has 2 aromatic rings. The van der Waals surface area contributed by atoms with Crippen molar-refractivity contribution in [1.82, 2.24) is 0 Å². The van der Waals surface area contributed by atoms with Crippen molar-refractivity contribution in [3.63, 3.8) is 0 Å². The first-order chi connectivity index (χ1) is 8.31. The van der Waals surface area contributed by atoms with Crippen LogP contribution >= 0.6 is 11.8 Å². The van der Waals surface area contributed by atoms with E-state index in [-0.39, 0.29) is 0 Å². The highest BCUT2D eigenvalue weighted by atomic mass is 32.2. The summed E-state index contributed by atoms with van der Waals surface area (Å²) < 4.78 is 0. The van der Waals surface area contributed by atoms with E-state index in [1.807, 2.05) is 17.8 Å². The lowest BCUT2D eigenvalue weighted by Crippen LogP contribution is -2.00. The molecule has 0 radical (unpaired) electrons. The summed E-state index contributed by atoms with van der Waals surface area (Å²) >= 11 is 1.87. The third-order valence-corrected chi connectivity index (χ3v) is 4.04. The highest BCUT2D eigenvalue weighted by Gasteiger charge is 2.02. The molecule has 17 heavy (non-hydrogen) atoms. The predicted octanol–water partition coefficient (Wildman–Crippen LogP) is 3.75. The van der Waals surface area contributed by atoms with Crippen LogP contribution in [0.15, 0.2) is 53.4 Å². The van der Waals surface area contributed by atoms with Crippen LogP contribution in [-0.2, 0) is 12.3 Å². The maximum Gasteiger partial charge on any atom is 0.0235 e. The van der Waals surface area contributed by atoms with Gasteiger partial charge in [-0.3, -0.25) is 0 Å². The Balaban J connectivity index is 2.10. The maximum atomic E-state index is 5.74. The number of aryl methyl sites for hydroxylation is 1. The van der Waals surface area contributed by atoms with Gasteiger partial charge in [0.2, 0.25) is 0 Å². The van der Waals surface area contributed by atoms with Crippen LogP contribution in [-0.4, -0.2) is 0 Å². The van der Waals surface area contributed by atoms with Crippen molar-refractivity contribution in [1.29, 1.82) is 0 Å². The number of thioether (sulfide) groups is 1. The molecule has 0 bridgehead atoms. The summed E-state index contributed by atoms with van der Waals surface area (Å²) in [5.74, 6) is 0.984. The highest BCUT2D eigenvalue weighted by Crippen LogP contribution is 2.26. The Bertz CT molecular complexity index is 494. The summed E-state index contributed by atoms with van der Waals surface area (Å²) in [5.41, 5.74) is 9.66. The summed E-state index contributed by atoms with van der Waals surface area (Å²) in [6.45, 7) is 2.77. The molecular formula is C15H17NS. The monoisotopic (exact) mass is 243 g/mol. The van der Waals surface area contributed by atoms with Crippen molar-refractivity contribution in [3.05, 3.63) is 65.2 Å². The zero-order valence-corrected chi connectivity index (χ0v) is 10.8. The van der Waals surface area contributed by atoms with Crippen LogP contribution in [0.5, 0.6) is 0 Å². The summed E-state index contributed by atoms with van der Waals surface area (Å²) in [6.07, 6.45) is 0. The van der Waals surface area contributed by atoms with Gasteiger partial charge in [0.15, 0.2) is 0 Å². The topological polar surface area (TPSA) is 26.0 Å². The number of hydrogen-bond acceptors (Lipinski definition) is 2. The molecule has 0 unspecified atom stereocenters. The van der Waals surface area contributed by atoms with Crippen LogP contribution in [0.25, 0.3) is 0 Å². The van der Waals surface area contributed by atoms with Crippen LogP contribution in [0, 0.1) is 6.92 Å². The Morgan fingerprint density at radius 3 is 2.29 bits per heavy atom. The van der Waals surface area contributed by atoms with Gasteiger partial charge < -0.3 is 5.73 Å². The van der Waals surface area contributed by atoms with Crippen molar-refractivity contribution < 1.29 is 0 Å². The molecule has 0 saturated carbocycles. The molecule has 2 aromatic carbocycles. The van der Waals surface area contributed by atoms with Gasteiger partial charge >= 0.3 is 0 Å². The zero-order valence-electron chi connectivity index (χ0n) is 10.0. The molecule has 1 nitrogen and oxygen atoms in total. The number of rotatable bonds is 4. The minimum atomic E-state index is 0.616. The van der Waals surface area contributed by atoms with E-state index in [1.54, 1.807) is 0 Å². The third kappa shape index (κ3) is 3.11. The number of hydrogen-bond donors (Lipinski definition) is 1. The minimum Gasteiger partial charge on any atom is -0.326 e. The lowest BCUT2D eigenvalue weighted by Gasteiger charge is -2.08. The average Bonchev–Trinajstić information content (AvgIpc) is 2.38. The van der Waals surface area contributed by atoms with E-state index in [1.165, 1.54) is 21.6 Å². The van der Waals surface area contributed by atoms with Crippen LogP contribution in [0.2, 0.25) is 0 Å². The summed E-state index contributed by atoms with van der Waals surface area (Å²) in [7, 11) is 0. The lowest BCUT2D eigenvalue weighted by atomic mass is 10.1. The Hall–Kier alpha value is -1.25. The molecule has 0 atom stereocenters. The smallest absolute Gasteiger partial charge is 0.0235 e. The van der Waals surface area contributed by atoms with E-state index in [0.29, 0.717) is 6.54 Å². The third-order valence-electron chi connectivity index (χ3n) is 2.82. The van der Waals surface area contributed by atoms with Gasteiger partial charge in [-0.2, -0.15) is 0 Å². The van der Waals surface area contributed by atoms with Crippen LogP contribution in [0.3, 0.4) is 0 Å². The Kier molecular flexibility index (Phi) is 4.24. The summed E-state index contributed by atoms with van der Waals surface area (Å²) in [6, 6.07) is 16.9. The second kappa shape index (κ2) is 5.89. The molecule has 2 rings (SSSR count). The average molecular weight is 243 g/mol. The molecule has 0 fully saturated rings. The van der Waals surface area contributed by atoms with Gasteiger partial charge in [0.05, 0.1) is 0 Å². The highest BCUT2D eigenvalue weighted by molar-refractivity contribution is 7.98. The molecule has 0 spiro atoms. The number of benzene rings is 2. The molecule has 0 aliphatic heterocycles. The first kappa shape index (κ1) is 12.2. The van der Waals surface area contributed by atoms with Crippen LogP contribution in [0.1, 0.15) is 16.7 Å². The predicted molar refractivity (Wildman–Crippen MR) is 75.1 cm³/mol. The standard InChI is InChI=1S/C15H17NS/c1-12-6-2-5-9-15(12)17-11-14-8-4-3-7-13(14)10-16/h2-9H,10-11,16H2,1H3. The minimum absolute atomic E-state index is 0.616. The molecule has 0 aromatic heterocycles. The van der Waals surface area contributed by atoms with Crippen molar-refractivity contribution in [2.24, 2.45) is 5.73 Å². The maximum absolute atomic E-state index is 5.74. The molecule has 0 aliphatic rings. The summed E-state index contributed by atoms with van der Waals surface area (Å²) in [4.78, 5) is 1.35. The molecule has 2 heteroatoms. The first-order valence-electron chi connectivity index (χ1n) is 5.76. The second-order valence-electron chi connectivity index (χ2n) is 4.03. The lowest BCUT2D eigenvalue weighted by molar-refractivity contribution is 1.04. The zero-order chi connectivity index (χ0) is 12.1. The van der Waals surface area contributed by atoms with E-state index in [2.05, 4.69) is 49.4 Å². The van der Waals surface area contributed by atoms with Crippen molar-refractivity contribution >= 4 is 11.8 Å². The fourth-order valence-corrected chi connectivity index (χ4v) is 2.83. The van der Waals surface area contributed by atoms with Crippen LogP contribution < -0.4 is 5.73 Å². The van der Waals surface area contributed by atoms with Gasteiger partial charge in [-0.15, -0.1) is 11.8 Å². The Morgan fingerprint density at radius 2 is 1.59 bits per heavy atom. The molecule has 0 heterocycles. The fraction of sp³-hybridized carbons (Fsp3) is 0.200. The Morgan fingerprint density at radius 1 is 0.941 bits per heavy atom. The molecular weight excluding hydrogens is 226 g/mol. The normalized spacial score (nSPS) is 10.5. The van der Waals surface area contributed by atoms with Crippen molar-refractivity contribution in [2.75, 3.05) is 0 Å². The molecule has 88 valence electrons. The molecule has 2 N–H and O–H groups in total. The molecule has 0 saturated heterocycles. The van der Waals surface area contributed by atoms with E-state index >= 15 is 0 Å². The van der Waals surface area contributed by atoms with Crippen LogP contribution in [0.4, 0.5) is 0 Å². The van der Waals surface area contributed by atoms with E-state index < -0.39 is 0 Å². The van der Waals surface area contributed by atoms with Gasteiger partial charge in [0, 0.05) is 17.2 Å². The number of nitrogens with two attached hydrogens (primary N) is 1. The van der Waals surface area contributed by atoms with E-state index in [4.69, 9.17) is 5.73 Å². The Labute approximate surface area is 107 Å². The van der Waals surface area contributed by atoms with Gasteiger partial charge in [0.1, 0.15) is 0 Å². The largest absolute Gasteiger partial charge is 0.326 e. The first-order valence-corrected chi connectivity index (χ1v) is 6.75. The SMILES string of the molecule is Cc1ccccc1SCc1ccccc1CN. The van der Waals surface area contributed by atoms with E-state index in [9.17, 15) is 0 Å². The van der Waals surface area contributed by atoms with Gasteiger partial charge in [-0.25, -0.2) is 0 Å². The molecule has 0 aliphatic carbocycles. The van der Waals surface area contributed by atoms with Gasteiger partial charge in [-0.05, 0) is 29.7 Å². The summed E-state index contributed by atoms with van der Waals surface area (Å²) in [5, 5.41) is 0. The van der Waals surface area contributed by atoms with Gasteiger partial charge in [-0.1, -0.05) is 42.5 Å². The van der Waals surface area contributed by atoms with Crippen molar-refractivity contribution in [2.45, 2.75) is 24.1 Å². The van der Waals surface area contributed by atoms with Crippen molar-refractivity contribution in [3.8, 4) is 0 Å². The van der Waals surface area contributed by atoms with Gasteiger partial charge in [0.25, 0.3) is 0 Å². The fourth-order valence-electron chi connectivity index (χ4n) is 1.77. The molecule has 0 amide bonds. The quantitative estimate of drug-likeness (QED) is 0.828. The van der Waals surface area contributed by atoms with E-state index in [0.717, 1.165) is 5.75 Å².